The Bertz CT molecular complexity index is 562. The van der Waals surface area contributed by atoms with Gasteiger partial charge in [-0.25, -0.2) is 0 Å². The molecule has 0 amide bonds. The first-order chi connectivity index (χ1) is 6.68. The second-order valence-electron chi connectivity index (χ2n) is 3.02. The third kappa shape index (κ3) is 1.28. The maximum atomic E-state index is 11.3. The van der Waals surface area contributed by atoms with E-state index in [1.165, 1.54) is 16.8 Å². The first-order valence-electron chi connectivity index (χ1n) is 4.11. The molecule has 0 aliphatic rings. The number of nitrogens with one attached hydrogen (secondary N) is 2. The summed E-state index contributed by atoms with van der Waals surface area (Å²) in [6, 6.07) is 3.15. The van der Waals surface area contributed by atoms with Crippen LogP contribution in [0.15, 0.2) is 34.1 Å². The molecule has 0 saturated heterocycles. The minimum atomic E-state index is -0.224. The fraction of sp³-hybridized carbons (Fsp3) is 0.111. The highest BCUT2D eigenvalue weighted by atomic mass is 16.1. The van der Waals surface area contributed by atoms with E-state index in [4.69, 9.17) is 0 Å². The highest BCUT2D eigenvalue weighted by Gasteiger charge is 2.04. The molecule has 0 atom stereocenters. The van der Waals surface area contributed by atoms with Gasteiger partial charge in [-0.1, -0.05) is 0 Å². The third-order valence-corrected chi connectivity index (χ3v) is 2.06. The lowest BCUT2D eigenvalue weighted by molar-refractivity contribution is 0.861. The number of nitrogens with zero attached hydrogens (tertiary/aromatic N) is 1. The summed E-state index contributed by atoms with van der Waals surface area (Å²) in [6.07, 6.45) is 3.17. The van der Waals surface area contributed by atoms with E-state index in [0.717, 1.165) is 0 Å². The van der Waals surface area contributed by atoms with Gasteiger partial charge in [-0.2, -0.15) is 0 Å². The van der Waals surface area contributed by atoms with Gasteiger partial charge in [0.1, 0.15) is 0 Å². The second kappa shape index (κ2) is 3.02. The van der Waals surface area contributed by atoms with Crippen LogP contribution in [0.5, 0.6) is 0 Å². The summed E-state index contributed by atoms with van der Waals surface area (Å²) >= 11 is 0. The van der Waals surface area contributed by atoms with E-state index in [-0.39, 0.29) is 11.1 Å². The maximum Gasteiger partial charge on any atom is 0.271 e. The van der Waals surface area contributed by atoms with Crippen LogP contribution in [0.4, 0.5) is 0 Å². The van der Waals surface area contributed by atoms with Crippen LogP contribution < -0.4 is 11.1 Å². The van der Waals surface area contributed by atoms with E-state index in [1.807, 2.05) is 0 Å². The van der Waals surface area contributed by atoms with E-state index in [9.17, 15) is 9.59 Å². The van der Waals surface area contributed by atoms with E-state index in [2.05, 4.69) is 10.2 Å². The maximum absolute atomic E-state index is 11.3. The quantitative estimate of drug-likeness (QED) is 0.669. The Hall–Kier alpha value is -2.04. The van der Waals surface area contributed by atoms with Gasteiger partial charge in [-0.05, 0) is 11.6 Å². The van der Waals surface area contributed by atoms with Crippen molar-refractivity contribution in [1.29, 1.82) is 0 Å². The lowest BCUT2D eigenvalue weighted by Gasteiger charge is -1.97. The molecule has 0 saturated carbocycles. The first-order valence-corrected chi connectivity index (χ1v) is 4.11. The third-order valence-electron chi connectivity index (χ3n) is 2.06. The molecule has 2 heterocycles. The average molecular weight is 191 g/mol. The predicted molar refractivity (Wildman–Crippen MR) is 52.1 cm³/mol. The van der Waals surface area contributed by atoms with Crippen LogP contribution in [0.1, 0.15) is 0 Å². The lowest BCUT2D eigenvalue weighted by atomic mass is 10.1. The molecule has 5 nitrogen and oxygen atoms in total. The van der Waals surface area contributed by atoms with Crippen molar-refractivity contribution in [2.24, 2.45) is 7.05 Å². The van der Waals surface area contributed by atoms with Crippen LogP contribution in [0.2, 0.25) is 0 Å². The van der Waals surface area contributed by atoms with Gasteiger partial charge in [0.05, 0.1) is 5.56 Å². The Morgan fingerprint density at radius 1 is 1.36 bits per heavy atom. The molecule has 2 N–H and O–H groups in total. The monoisotopic (exact) mass is 191 g/mol. The van der Waals surface area contributed by atoms with Crippen molar-refractivity contribution in [3.05, 3.63) is 45.2 Å². The van der Waals surface area contributed by atoms with Gasteiger partial charge < -0.3 is 9.67 Å². The topological polar surface area (TPSA) is 70.7 Å². The molecule has 0 fully saturated rings. The number of aromatic nitrogens is 3. The zero-order valence-corrected chi connectivity index (χ0v) is 7.57. The summed E-state index contributed by atoms with van der Waals surface area (Å²) in [5, 5.41) is 5.00. The standard InChI is InChI=1S/C9H9N3O2/c1-12-3-2-6(4-8(12)13)7-5-10-11-9(7)14/h2-5H,1H3,(H2,10,11,14). The molecule has 0 spiro atoms. The van der Waals surface area contributed by atoms with Crippen LogP contribution in [0.3, 0.4) is 0 Å². The zero-order chi connectivity index (χ0) is 10.1. The largest absolute Gasteiger partial charge is 0.319 e. The SMILES string of the molecule is Cn1ccc(-c2c[nH][nH]c2=O)cc1=O. The summed E-state index contributed by atoms with van der Waals surface area (Å²) in [5.41, 5.74) is 0.736. The molecular formula is C9H9N3O2. The Balaban J connectivity index is 2.65. The molecular weight excluding hydrogens is 182 g/mol. The Morgan fingerprint density at radius 2 is 2.14 bits per heavy atom. The highest BCUT2D eigenvalue weighted by molar-refractivity contribution is 5.60. The zero-order valence-electron chi connectivity index (χ0n) is 7.57. The van der Waals surface area contributed by atoms with E-state index >= 15 is 0 Å². The van der Waals surface area contributed by atoms with Crippen molar-refractivity contribution in [3.8, 4) is 11.1 Å². The Labute approximate surface area is 79.0 Å². The van der Waals surface area contributed by atoms with Crippen LogP contribution in [0.25, 0.3) is 11.1 Å². The molecule has 5 heteroatoms. The van der Waals surface area contributed by atoms with Gasteiger partial charge >= 0.3 is 0 Å². The van der Waals surface area contributed by atoms with Crippen molar-refractivity contribution >= 4 is 0 Å². The normalized spacial score (nSPS) is 10.4. The van der Waals surface area contributed by atoms with Crippen LogP contribution in [0, 0.1) is 0 Å². The molecule has 0 bridgehead atoms. The molecule has 0 aliphatic heterocycles. The number of pyridine rings is 1. The Morgan fingerprint density at radius 3 is 2.71 bits per heavy atom. The second-order valence-corrected chi connectivity index (χ2v) is 3.02. The molecule has 0 aromatic carbocycles. The van der Waals surface area contributed by atoms with Gasteiger partial charge in [-0.3, -0.25) is 14.7 Å². The molecule has 0 aliphatic carbocycles. The van der Waals surface area contributed by atoms with Gasteiger partial charge in [0.15, 0.2) is 0 Å². The molecule has 0 unspecified atom stereocenters. The summed E-state index contributed by atoms with van der Waals surface area (Å²) in [7, 11) is 1.66. The fourth-order valence-electron chi connectivity index (χ4n) is 1.24. The van der Waals surface area contributed by atoms with E-state index in [0.29, 0.717) is 11.1 Å². The average Bonchev–Trinajstić information content (AvgIpc) is 2.57. The summed E-state index contributed by atoms with van der Waals surface area (Å²) in [5.74, 6) is 0. The molecule has 2 aromatic rings. The molecule has 14 heavy (non-hydrogen) atoms. The first kappa shape index (κ1) is 8.55. The van der Waals surface area contributed by atoms with Crippen molar-refractivity contribution in [1.82, 2.24) is 14.8 Å². The van der Waals surface area contributed by atoms with Gasteiger partial charge in [-0.15, -0.1) is 0 Å². The van der Waals surface area contributed by atoms with Gasteiger partial charge in [0, 0.05) is 25.5 Å². The molecule has 2 aromatic heterocycles. The van der Waals surface area contributed by atoms with Crippen molar-refractivity contribution in [3.63, 3.8) is 0 Å². The minimum Gasteiger partial charge on any atom is -0.319 e. The highest BCUT2D eigenvalue weighted by Crippen LogP contribution is 2.09. The number of hydrogen-bond donors (Lipinski definition) is 2. The van der Waals surface area contributed by atoms with Crippen LogP contribution in [-0.2, 0) is 7.05 Å². The number of aryl methyl sites for hydroxylation is 1. The van der Waals surface area contributed by atoms with E-state index < -0.39 is 0 Å². The molecule has 2 rings (SSSR count). The number of rotatable bonds is 1. The number of H-pyrrole nitrogens is 2. The summed E-state index contributed by atoms with van der Waals surface area (Å²) < 4.78 is 1.45. The predicted octanol–water partition coefficient (Wildman–Crippen LogP) is 0.0687. The number of hydrogen-bond acceptors (Lipinski definition) is 2. The smallest absolute Gasteiger partial charge is 0.271 e. The summed E-state index contributed by atoms with van der Waals surface area (Å²) in [4.78, 5) is 22.5. The van der Waals surface area contributed by atoms with Crippen LogP contribution in [-0.4, -0.2) is 14.8 Å². The summed E-state index contributed by atoms with van der Waals surface area (Å²) in [6.45, 7) is 0. The van der Waals surface area contributed by atoms with Gasteiger partial charge in [0.25, 0.3) is 11.1 Å². The molecule has 72 valence electrons. The fourth-order valence-corrected chi connectivity index (χ4v) is 1.24. The Kier molecular flexibility index (Phi) is 1.85. The van der Waals surface area contributed by atoms with Crippen molar-refractivity contribution < 1.29 is 0 Å². The minimum absolute atomic E-state index is 0.136. The van der Waals surface area contributed by atoms with Gasteiger partial charge in [0.2, 0.25) is 0 Å². The van der Waals surface area contributed by atoms with Crippen molar-refractivity contribution in [2.75, 3.05) is 0 Å². The van der Waals surface area contributed by atoms with Crippen molar-refractivity contribution in [2.45, 2.75) is 0 Å². The van der Waals surface area contributed by atoms with Crippen LogP contribution >= 0.6 is 0 Å². The lowest BCUT2D eigenvalue weighted by Crippen LogP contribution is -2.15. The van der Waals surface area contributed by atoms with E-state index in [1.54, 1.807) is 19.3 Å². The number of aromatic amines is 2. The molecule has 0 radical (unpaired) electrons.